The fraction of sp³-hybridized carbons (Fsp3) is 0.737. The quantitative estimate of drug-likeness (QED) is 0.833. The molecule has 1 aliphatic carbocycles. The van der Waals surface area contributed by atoms with E-state index in [0.717, 1.165) is 50.5 Å². The average molecular weight is 330 g/mol. The van der Waals surface area contributed by atoms with E-state index in [1.165, 1.54) is 6.42 Å². The highest BCUT2D eigenvalue weighted by Crippen LogP contribution is 2.53. The van der Waals surface area contributed by atoms with Gasteiger partial charge in [0.2, 0.25) is 5.91 Å². The van der Waals surface area contributed by atoms with Crippen molar-refractivity contribution in [2.24, 2.45) is 17.3 Å². The van der Waals surface area contributed by atoms with Crippen molar-refractivity contribution in [3.05, 3.63) is 18.1 Å². The number of aromatic nitrogens is 2. The van der Waals surface area contributed by atoms with Crippen molar-refractivity contribution >= 4 is 11.7 Å². The predicted octanol–water partition coefficient (Wildman–Crippen LogP) is 2.76. The maximum Gasteiger partial charge on any atom is 0.222 e. The SMILES string of the molecule is CC(C)Cc1cc(N2CCN(C(=O)CC3CC3(C)C)CC2)ncn1. The predicted molar refractivity (Wildman–Crippen MR) is 95.9 cm³/mol. The molecule has 2 fully saturated rings. The summed E-state index contributed by atoms with van der Waals surface area (Å²) in [6.07, 6.45) is 4.56. The molecule has 1 atom stereocenters. The molecule has 132 valence electrons. The molecule has 5 nitrogen and oxygen atoms in total. The lowest BCUT2D eigenvalue weighted by molar-refractivity contribution is -0.132. The Hall–Kier alpha value is -1.65. The summed E-state index contributed by atoms with van der Waals surface area (Å²) in [5.74, 6) is 2.50. The van der Waals surface area contributed by atoms with Crippen LogP contribution in [0.15, 0.2) is 12.4 Å². The smallest absolute Gasteiger partial charge is 0.222 e. The molecular weight excluding hydrogens is 300 g/mol. The number of amides is 1. The topological polar surface area (TPSA) is 49.3 Å². The lowest BCUT2D eigenvalue weighted by atomic mass is 10.1. The summed E-state index contributed by atoms with van der Waals surface area (Å²) in [4.78, 5) is 25.5. The Labute approximate surface area is 145 Å². The van der Waals surface area contributed by atoms with E-state index < -0.39 is 0 Å². The van der Waals surface area contributed by atoms with Crippen molar-refractivity contribution in [3.63, 3.8) is 0 Å². The van der Waals surface area contributed by atoms with Gasteiger partial charge in [-0.3, -0.25) is 4.79 Å². The second-order valence-corrected chi connectivity index (χ2v) is 8.43. The Bertz CT molecular complexity index is 591. The summed E-state index contributed by atoms with van der Waals surface area (Å²) >= 11 is 0. The van der Waals surface area contributed by atoms with Gasteiger partial charge in [0.1, 0.15) is 12.1 Å². The molecule has 1 aromatic rings. The van der Waals surface area contributed by atoms with Crippen LogP contribution in [0.25, 0.3) is 0 Å². The van der Waals surface area contributed by atoms with Crippen LogP contribution in [-0.4, -0.2) is 47.0 Å². The Kier molecular flexibility index (Phi) is 4.79. The molecule has 1 unspecified atom stereocenters. The number of nitrogens with zero attached hydrogens (tertiary/aromatic N) is 4. The van der Waals surface area contributed by atoms with Crippen LogP contribution in [0.3, 0.4) is 0 Å². The first kappa shape index (κ1) is 17.2. The highest BCUT2D eigenvalue weighted by molar-refractivity contribution is 5.77. The van der Waals surface area contributed by atoms with Crippen LogP contribution in [-0.2, 0) is 11.2 Å². The maximum absolute atomic E-state index is 12.4. The molecular formula is C19H30N4O. The number of carbonyl (C=O) groups is 1. The molecule has 0 N–H and O–H groups in total. The summed E-state index contributed by atoms with van der Waals surface area (Å²) in [7, 11) is 0. The van der Waals surface area contributed by atoms with Gasteiger partial charge >= 0.3 is 0 Å². The van der Waals surface area contributed by atoms with Gasteiger partial charge in [-0.15, -0.1) is 0 Å². The Morgan fingerprint density at radius 1 is 1.25 bits per heavy atom. The van der Waals surface area contributed by atoms with E-state index in [1.54, 1.807) is 6.33 Å². The lowest BCUT2D eigenvalue weighted by Gasteiger charge is -2.35. The molecule has 1 saturated carbocycles. The number of hydrogen-bond donors (Lipinski definition) is 0. The normalized spacial score (nSPS) is 22.8. The van der Waals surface area contributed by atoms with Crippen molar-refractivity contribution in [3.8, 4) is 0 Å². The molecule has 1 saturated heterocycles. The van der Waals surface area contributed by atoms with Crippen molar-refractivity contribution in [1.29, 1.82) is 0 Å². The third kappa shape index (κ3) is 4.05. The van der Waals surface area contributed by atoms with Gasteiger partial charge in [0, 0.05) is 44.4 Å². The zero-order valence-corrected chi connectivity index (χ0v) is 15.5. The van der Waals surface area contributed by atoms with Crippen molar-refractivity contribution in [2.45, 2.75) is 47.0 Å². The van der Waals surface area contributed by atoms with Crippen LogP contribution in [0.1, 0.15) is 46.2 Å². The van der Waals surface area contributed by atoms with Crippen LogP contribution in [0.4, 0.5) is 5.82 Å². The zero-order chi connectivity index (χ0) is 17.3. The molecule has 0 bridgehead atoms. The molecule has 1 aromatic heterocycles. The van der Waals surface area contributed by atoms with Gasteiger partial charge in [-0.05, 0) is 30.1 Å². The molecule has 2 heterocycles. The van der Waals surface area contributed by atoms with Crippen LogP contribution >= 0.6 is 0 Å². The Morgan fingerprint density at radius 3 is 2.50 bits per heavy atom. The molecule has 0 radical (unpaired) electrons. The van der Waals surface area contributed by atoms with Crippen molar-refractivity contribution in [1.82, 2.24) is 14.9 Å². The molecule has 0 aromatic carbocycles. The van der Waals surface area contributed by atoms with Crippen LogP contribution in [0.5, 0.6) is 0 Å². The molecule has 5 heteroatoms. The first-order valence-corrected chi connectivity index (χ1v) is 9.19. The minimum Gasteiger partial charge on any atom is -0.353 e. The maximum atomic E-state index is 12.4. The molecule has 3 rings (SSSR count). The second kappa shape index (κ2) is 6.69. The second-order valence-electron chi connectivity index (χ2n) is 8.43. The van der Waals surface area contributed by atoms with Crippen LogP contribution in [0, 0.1) is 17.3 Å². The zero-order valence-electron chi connectivity index (χ0n) is 15.5. The number of piperazine rings is 1. The fourth-order valence-electron chi connectivity index (χ4n) is 3.54. The van der Waals surface area contributed by atoms with Crippen molar-refractivity contribution < 1.29 is 4.79 Å². The van der Waals surface area contributed by atoms with Gasteiger partial charge in [-0.1, -0.05) is 27.7 Å². The number of anilines is 1. The summed E-state index contributed by atoms with van der Waals surface area (Å²) < 4.78 is 0. The van der Waals surface area contributed by atoms with E-state index in [0.29, 0.717) is 23.2 Å². The van der Waals surface area contributed by atoms with E-state index in [4.69, 9.17) is 0 Å². The third-order valence-corrected chi connectivity index (χ3v) is 5.42. The summed E-state index contributed by atoms with van der Waals surface area (Å²) in [5.41, 5.74) is 1.48. The Morgan fingerprint density at radius 2 is 1.92 bits per heavy atom. The van der Waals surface area contributed by atoms with Crippen LogP contribution < -0.4 is 4.90 Å². The lowest BCUT2D eigenvalue weighted by Crippen LogP contribution is -2.49. The first-order valence-electron chi connectivity index (χ1n) is 9.19. The van der Waals surface area contributed by atoms with Gasteiger partial charge in [0.15, 0.2) is 0 Å². The van der Waals surface area contributed by atoms with Gasteiger partial charge in [-0.25, -0.2) is 9.97 Å². The van der Waals surface area contributed by atoms with Gasteiger partial charge in [0.25, 0.3) is 0 Å². The molecule has 0 spiro atoms. The summed E-state index contributed by atoms with van der Waals surface area (Å²) in [5, 5.41) is 0. The molecule has 1 amide bonds. The van der Waals surface area contributed by atoms with E-state index in [9.17, 15) is 4.79 Å². The number of carbonyl (C=O) groups excluding carboxylic acids is 1. The summed E-state index contributed by atoms with van der Waals surface area (Å²) in [6, 6.07) is 2.10. The highest BCUT2D eigenvalue weighted by Gasteiger charge is 2.46. The number of hydrogen-bond acceptors (Lipinski definition) is 4. The van der Waals surface area contributed by atoms with Crippen molar-refractivity contribution in [2.75, 3.05) is 31.1 Å². The minimum absolute atomic E-state index is 0.327. The fourth-order valence-corrected chi connectivity index (χ4v) is 3.54. The van der Waals surface area contributed by atoms with Crippen LogP contribution in [0.2, 0.25) is 0 Å². The standard InChI is InChI=1S/C19H30N4O/c1-14(2)9-16-11-17(21-13-20-16)22-5-7-23(8-6-22)18(24)10-15-12-19(15,3)4/h11,13-15H,5-10,12H2,1-4H3. The minimum atomic E-state index is 0.327. The van der Waals surface area contributed by atoms with Gasteiger partial charge in [-0.2, -0.15) is 0 Å². The number of rotatable bonds is 5. The monoisotopic (exact) mass is 330 g/mol. The first-order chi connectivity index (χ1) is 11.3. The van der Waals surface area contributed by atoms with Gasteiger partial charge < -0.3 is 9.80 Å². The van der Waals surface area contributed by atoms with E-state index in [-0.39, 0.29) is 0 Å². The summed E-state index contributed by atoms with van der Waals surface area (Å²) in [6.45, 7) is 12.2. The van der Waals surface area contributed by atoms with E-state index in [2.05, 4.69) is 48.6 Å². The van der Waals surface area contributed by atoms with E-state index in [1.807, 2.05) is 4.90 Å². The van der Waals surface area contributed by atoms with Gasteiger partial charge in [0.05, 0.1) is 0 Å². The third-order valence-electron chi connectivity index (χ3n) is 5.42. The Balaban J connectivity index is 1.52. The molecule has 24 heavy (non-hydrogen) atoms. The average Bonchev–Trinajstić information content (AvgIpc) is 3.13. The highest BCUT2D eigenvalue weighted by atomic mass is 16.2. The largest absolute Gasteiger partial charge is 0.353 e. The van der Waals surface area contributed by atoms with E-state index >= 15 is 0 Å². The molecule has 1 aliphatic heterocycles. The molecule has 2 aliphatic rings.